The summed E-state index contributed by atoms with van der Waals surface area (Å²) in [6.07, 6.45) is 14.8. The molecule has 1 unspecified atom stereocenters. The highest BCUT2D eigenvalue weighted by Crippen LogP contribution is 2.49. The summed E-state index contributed by atoms with van der Waals surface area (Å²) in [7, 11) is 0. The quantitative estimate of drug-likeness (QED) is 0.579. The number of hydrogen-bond acceptors (Lipinski definition) is 3. The molecule has 3 saturated carbocycles. The van der Waals surface area contributed by atoms with Gasteiger partial charge in [0.15, 0.2) is 0 Å². The molecule has 0 amide bonds. The fourth-order valence-corrected chi connectivity index (χ4v) is 5.24. The Morgan fingerprint density at radius 2 is 1.20 bits per heavy atom. The first-order valence-corrected chi connectivity index (χ1v) is 11.0. The van der Waals surface area contributed by atoms with Gasteiger partial charge in [0.1, 0.15) is 6.10 Å². The van der Waals surface area contributed by atoms with Crippen molar-refractivity contribution >= 4 is 0 Å². The van der Waals surface area contributed by atoms with Gasteiger partial charge in [-0.3, -0.25) is 0 Å². The molecule has 0 aromatic rings. The van der Waals surface area contributed by atoms with Crippen molar-refractivity contribution in [3.8, 4) is 0 Å². The van der Waals surface area contributed by atoms with E-state index in [1.807, 2.05) is 0 Å². The van der Waals surface area contributed by atoms with Gasteiger partial charge in [0.05, 0.1) is 25.4 Å². The molecule has 0 aromatic heterocycles. The Morgan fingerprint density at radius 1 is 0.720 bits per heavy atom. The molecule has 0 aromatic carbocycles. The van der Waals surface area contributed by atoms with Crippen molar-refractivity contribution in [3.05, 3.63) is 0 Å². The van der Waals surface area contributed by atoms with Crippen molar-refractivity contribution in [1.29, 1.82) is 0 Å². The predicted octanol–water partition coefficient (Wildman–Crippen LogP) is 4.97. The van der Waals surface area contributed by atoms with E-state index in [0.29, 0.717) is 23.7 Å². The zero-order valence-corrected chi connectivity index (χ0v) is 16.4. The predicted molar refractivity (Wildman–Crippen MR) is 99.6 cm³/mol. The molecule has 0 radical (unpaired) electrons. The van der Waals surface area contributed by atoms with E-state index in [1.54, 1.807) is 0 Å². The monoisotopic (exact) mass is 350 g/mol. The van der Waals surface area contributed by atoms with Gasteiger partial charge in [-0.1, -0.05) is 13.8 Å². The summed E-state index contributed by atoms with van der Waals surface area (Å²) in [5.41, 5.74) is 0.478. The number of ether oxygens (including phenoxy) is 3. The smallest absolute Gasteiger partial charge is 0.104 e. The maximum absolute atomic E-state index is 6.15. The summed E-state index contributed by atoms with van der Waals surface area (Å²) in [4.78, 5) is 0. The minimum absolute atomic E-state index is 0.409. The van der Waals surface area contributed by atoms with Gasteiger partial charge >= 0.3 is 0 Å². The van der Waals surface area contributed by atoms with E-state index in [0.717, 1.165) is 37.6 Å². The van der Waals surface area contributed by atoms with Crippen molar-refractivity contribution in [2.45, 2.75) is 96.4 Å². The van der Waals surface area contributed by atoms with Gasteiger partial charge < -0.3 is 14.2 Å². The van der Waals surface area contributed by atoms with Gasteiger partial charge in [0.25, 0.3) is 0 Å². The van der Waals surface area contributed by atoms with Crippen LogP contribution in [-0.4, -0.2) is 38.1 Å². The summed E-state index contributed by atoms with van der Waals surface area (Å²) >= 11 is 0. The first-order valence-electron chi connectivity index (χ1n) is 11.0. The first kappa shape index (κ1) is 18.3. The van der Waals surface area contributed by atoms with Crippen LogP contribution in [0.4, 0.5) is 0 Å². The molecule has 4 rings (SSSR count). The van der Waals surface area contributed by atoms with Gasteiger partial charge in [0.2, 0.25) is 0 Å². The largest absolute Gasteiger partial charge is 0.378 e. The lowest BCUT2D eigenvalue weighted by Gasteiger charge is -2.46. The van der Waals surface area contributed by atoms with E-state index >= 15 is 0 Å². The van der Waals surface area contributed by atoms with Crippen LogP contribution in [0, 0.1) is 23.2 Å². The van der Waals surface area contributed by atoms with Crippen LogP contribution in [0.1, 0.15) is 78.1 Å². The third-order valence-electron chi connectivity index (χ3n) is 7.64. The van der Waals surface area contributed by atoms with E-state index in [-0.39, 0.29) is 0 Å². The second-order valence-corrected chi connectivity index (χ2v) is 9.83. The van der Waals surface area contributed by atoms with E-state index in [1.165, 1.54) is 64.2 Å². The Kier molecular flexibility index (Phi) is 5.74. The Bertz CT molecular complexity index is 373. The molecule has 1 aliphatic heterocycles. The molecule has 4 aliphatic rings. The second kappa shape index (κ2) is 7.86. The van der Waals surface area contributed by atoms with Crippen molar-refractivity contribution in [3.63, 3.8) is 0 Å². The summed E-state index contributed by atoms with van der Waals surface area (Å²) < 4.78 is 17.5. The first-order chi connectivity index (χ1) is 12.1. The maximum Gasteiger partial charge on any atom is 0.104 e. The molecule has 1 saturated heterocycles. The second-order valence-electron chi connectivity index (χ2n) is 9.83. The van der Waals surface area contributed by atoms with E-state index in [2.05, 4.69) is 13.8 Å². The van der Waals surface area contributed by atoms with Crippen LogP contribution >= 0.6 is 0 Å². The highest BCUT2D eigenvalue weighted by atomic mass is 16.6. The van der Waals surface area contributed by atoms with Gasteiger partial charge in [-0.2, -0.15) is 0 Å². The Morgan fingerprint density at radius 3 is 1.64 bits per heavy atom. The normalized spacial score (nSPS) is 39.4. The van der Waals surface area contributed by atoms with Gasteiger partial charge in [-0.15, -0.1) is 0 Å². The fourth-order valence-electron chi connectivity index (χ4n) is 5.24. The van der Waals surface area contributed by atoms with Crippen LogP contribution in [0.15, 0.2) is 0 Å². The molecule has 144 valence electrons. The topological polar surface area (TPSA) is 31.0 Å². The van der Waals surface area contributed by atoms with Crippen molar-refractivity contribution in [2.24, 2.45) is 23.2 Å². The molecule has 3 aliphatic carbocycles. The zero-order valence-electron chi connectivity index (χ0n) is 16.4. The Balaban J connectivity index is 1.18. The fraction of sp³-hybridized carbons (Fsp3) is 1.00. The van der Waals surface area contributed by atoms with Crippen LogP contribution in [-0.2, 0) is 14.2 Å². The molecule has 0 N–H and O–H groups in total. The van der Waals surface area contributed by atoms with Crippen LogP contribution in [0.5, 0.6) is 0 Å². The molecule has 1 heterocycles. The molecule has 0 bridgehead atoms. The summed E-state index contributed by atoms with van der Waals surface area (Å²) in [6.45, 7) is 7.87. The van der Waals surface area contributed by atoms with Crippen LogP contribution in [0.25, 0.3) is 0 Å². The van der Waals surface area contributed by atoms with E-state index in [9.17, 15) is 0 Å². The summed E-state index contributed by atoms with van der Waals surface area (Å²) in [5.74, 6) is 2.66. The highest BCUT2D eigenvalue weighted by Gasteiger charge is 2.41. The molecule has 0 spiro atoms. The van der Waals surface area contributed by atoms with Gasteiger partial charge in [-0.05, 0) is 87.4 Å². The third-order valence-corrected chi connectivity index (χ3v) is 7.64. The summed E-state index contributed by atoms with van der Waals surface area (Å²) in [5, 5.41) is 0. The van der Waals surface area contributed by atoms with Crippen LogP contribution in [0.3, 0.4) is 0 Å². The third kappa shape index (κ3) is 4.99. The van der Waals surface area contributed by atoms with Crippen molar-refractivity contribution in [1.82, 2.24) is 0 Å². The standard InChI is InChI=1S/C22H38O3/c1-22(2,17-5-9-19(10-6-17)23-13-16-3-4-16)18-7-11-20(12-8-18)24-14-21-15-25-21/h16-21H,3-15H2,1-2H3. The SMILES string of the molecule is CC(C)(C1CCC(OCC2CC2)CC1)C1CCC(OCC2CO2)CC1. The number of hydrogen-bond donors (Lipinski definition) is 0. The minimum atomic E-state index is 0.409. The van der Waals surface area contributed by atoms with E-state index in [4.69, 9.17) is 14.2 Å². The number of epoxide rings is 1. The lowest BCUT2D eigenvalue weighted by atomic mass is 9.60. The van der Waals surface area contributed by atoms with Crippen LogP contribution in [0.2, 0.25) is 0 Å². The Hall–Kier alpha value is -0.120. The maximum atomic E-state index is 6.15. The minimum Gasteiger partial charge on any atom is -0.378 e. The summed E-state index contributed by atoms with van der Waals surface area (Å²) in [6, 6.07) is 0. The van der Waals surface area contributed by atoms with E-state index < -0.39 is 0 Å². The van der Waals surface area contributed by atoms with Gasteiger partial charge in [-0.25, -0.2) is 0 Å². The molecule has 4 fully saturated rings. The Labute approximate surface area is 154 Å². The average molecular weight is 351 g/mol. The number of rotatable bonds is 8. The molecule has 25 heavy (non-hydrogen) atoms. The average Bonchev–Trinajstić information content (AvgIpc) is 3.54. The molecule has 3 heteroatoms. The molecule has 3 nitrogen and oxygen atoms in total. The molecular formula is C22H38O3. The lowest BCUT2D eigenvalue weighted by molar-refractivity contribution is -0.0384. The van der Waals surface area contributed by atoms with Crippen LogP contribution < -0.4 is 0 Å². The molecular weight excluding hydrogens is 312 g/mol. The van der Waals surface area contributed by atoms with Gasteiger partial charge in [0, 0.05) is 6.61 Å². The van der Waals surface area contributed by atoms with Crippen molar-refractivity contribution in [2.75, 3.05) is 19.8 Å². The van der Waals surface area contributed by atoms with Crippen molar-refractivity contribution < 1.29 is 14.2 Å². The zero-order chi connectivity index (χ0) is 17.3. The lowest BCUT2D eigenvalue weighted by Crippen LogP contribution is -2.39. The highest BCUT2D eigenvalue weighted by molar-refractivity contribution is 4.91. The molecule has 1 atom stereocenters.